The van der Waals surface area contributed by atoms with Crippen LogP contribution in [0.25, 0.3) is 0 Å². The first-order valence-electron chi connectivity index (χ1n) is 7.80. The van der Waals surface area contributed by atoms with E-state index in [2.05, 4.69) is 16.8 Å². The van der Waals surface area contributed by atoms with Gasteiger partial charge in [0.25, 0.3) is 0 Å². The molecule has 0 aromatic heterocycles. The van der Waals surface area contributed by atoms with Crippen LogP contribution in [0.4, 0.5) is 0 Å². The molecule has 1 saturated heterocycles. The van der Waals surface area contributed by atoms with E-state index in [1.807, 2.05) is 24.3 Å². The van der Waals surface area contributed by atoms with E-state index in [-0.39, 0.29) is 5.78 Å². The number of likely N-dealkylation sites (N-methyl/N-ethyl adjacent to an activating group) is 1. The van der Waals surface area contributed by atoms with Gasteiger partial charge in [0.15, 0.2) is 5.78 Å². The molecule has 4 nitrogen and oxygen atoms in total. The number of carbonyl (C=O) groups is 1. The Bertz CT molecular complexity index is 437. The molecule has 1 heterocycles. The van der Waals surface area contributed by atoms with Crippen molar-refractivity contribution in [1.29, 1.82) is 0 Å². The van der Waals surface area contributed by atoms with Crippen LogP contribution >= 0.6 is 0 Å². The SMILES string of the molecule is CC(=O)c1ccc(OCCCCN2CCN(C)CC2)cc1. The van der Waals surface area contributed by atoms with E-state index in [4.69, 9.17) is 4.74 Å². The average Bonchev–Trinajstić information content (AvgIpc) is 2.49. The fourth-order valence-corrected chi connectivity index (χ4v) is 2.48. The van der Waals surface area contributed by atoms with Crippen LogP contribution in [0.5, 0.6) is 5.75 Å². The van der Waals surface area contributed by atoms with Gasteiger partial charge in [-0.3, -0.25) is 4.79 Å². The molecule has 0 radical (unpaired) electrons. The largest absolute Gasteiger partial charge is 0.494 e. The van der Waals surface area contributed by atoms with Gasteiger partial charge in [0.2, 0.25) is 0 Å². The van der Waals surface area contributed by atoms with E-state index < -0.39 is 0 Å². The van der Waals surface area contributed by atoms with Gasteiger partial charge in [-0.05, 0) is 57.6 Å². The minimum Gasteiger partial charge on any atom is -0.494 e. The van der Waals surface area contributed by atoms with Crippen LogP contribution in [0, 0.1) is 0 Å². The smallest absolute Gasteiger partial charge is 0.159 e. The second-order valence-corrected chi connectivity index (χ2v) is 5.78. The normalized spacial score (nSPS) is 16.9. The maximum atomic E-state index is 11.2. The standard InChI is InChI=1S/C17H26N2O2/c1-15(20)16-5-7-17(8-6-16)21-14-4-3-9-19-12-10-18(2)11-13-19/h5-8H,3-4,9-14H2,1-2H3. The Kier molecular flexibility index (Phi) is 6.21. The Morgan fingerprint density at radius 2 is 1.76 bits per heavy atom. The second-order valence-electron chi connectivity index (χ2n) is 5.78. The molecule has 1 aromatic carbocycles. The Labute approximate surface area is 127 Å². The Morgan fingerprint density at radius 1 is 1.10 bits per heavy atom. The highest BCUT2D eigenvalue weighted by Gasteiger charge is 2.12. The highest BCUT2D eigenvalue weighted by atomic mass is 16.5. The maximum absolute atomic E-state index is 11.2. The lowest BCUT2D eigenvalue weighted by molar-refractivity contribution is 0.101. The van der Waals surface area contributed by atoms with E-state index in [9.17, 15) is 4.79 Å². The molecule has 0 aliphatic carbocycles. The van der Waals surface area contributed by atoms with Gasteiger partial charge < -0.3 is 14.5 Å². The highest BCUT2D eigenvalue weighted by molar-refractivity contribution is 5.94. The first-order valence-corrected chi connectivity index (χ1v) is 7.80. The zero-order chi connectivity index (χ0) is 15.1. The summed E-state index contributed by atoms with van der Waals surface area (Å²) in [7, 11) is 2.18. The van der Waals surface area contributed by atoms with Crippen LogP contribution in [0.3, 0.4) is 0 Å². The number of piperazine rings is 1. The number of nitrogens with zero attached hydrogens (tertiary/aromatic N) is 2. The molecule has 2 rings (SSSR count). The first kappa shape index (κ1) is 16.0. The van der Waals surface area contributed by atoms with Crippen molar-refractivity contribution in [2.45, 2.75) is 19.8 Å². The molecule has 0 atom stereocenters. The molecule has 0 saturated carbocycles. The molecule has 0 amide bonds. The molecule has 1 aromatic rings. The number of benzene rings is 1. The van der Waals surface area contributed by atoms with Crippen LogP contribution in [0.15, 0.2) is 24.3 Å². The number of ether oxygens (including phenoxy) is 1. The van der Waals surface area contributed by atoms with Gasteiger partial charge in [-0.1, -0.05) is 0 Å². The predicted molar refractivity (Wildman–Crippen MR) is 85.1 cm³/mol. The number of unbranched alkanes of at least 4 members (excludes halogenated alkanes) is 1. The summed E-state index contributed by atoms with van der Waals surface area (Å²) in [4.78, 5) is 16.1. The summed E-state index contributed by atoms with van der Waals surface area (Å²) in [6, 6.07) is 7.39. The fourth-order valence-electron chi connectivity index (χ4n) is 2.48. The van der Waals surface area contributed by atoms with Crippen molar-refractivity contribution in [3.8, 4) is 5.75 Å². The van der Waals surface area contributed by atoms with E-state index in [0.29, 0.717) is 0 Å². The van der Waals surface area contributed by atoms with Crippen LogP contribution in [0.2, 0.25) is 0 Å². The minimum absolute atomic E-state index is 0.0914. The van der Waals surface area contributed by atoms with Crippen molar-refractivity contribution >= 4 is 5.78 Å². The number of ketones is 1. The quantitative estimate of drug-likeness (QED) is 0.570. The molecule has 1 fully saturated rings. The van der Waals surface area contributed by atoms with E-state index in [0.717, 1.165) is 24.3 Å². The van der Waals surface area contributed by atoms with Gasteiger partial charge in [-0.2, -0.15) is 0 Å². The third kappa shape index (κ3) is 5.48. The van der Waals surface area contributed by atoms with Gasteiger partial charge in [0.05, 0.1) is 6.61 Å². The topological polar surface area (TPSA) is 32.8 Å². The molecule has 0 spiro atoms. The van der Waals surface area contributed by atoms with Crippen molar-refractivity contribution in [2.75, 3.05) is 46.4 Å². The number of hydrogen-bond donors (Lipinski definition) is 0. The molecular weight excluding hydrogens is 264 g/mol. The lowest BCUT2D eigenvalue weighted by atomic mass is 10.1. The second kappa shape index (κ2) is 8.15. The van der Waals surface area contributed by atoms with E-state index >= 15 is 0 Å². The third-order valence-electron chi connectivity index (χ3n) is 3.99. The molecule has 0 N–H and O–H groups in total. The molecule has 1 aliphatic heterocycles. The zero-order valence-corrected chi connectivity index (χ0v) is 13.2. The molecule has 4 heteroatoms. The van der Waals surface area contributed by atoms with Crippen LogP contribution in [0.1, 0.15) is 30.1 Å². The monoisotopic (exact) mass is 290 g/mol. The summed E-state index contributed by atoms with van der Waals surface area (Å²) in [5.41, 5.74) is 0.734. The lowest BCUT2D eigenvalue weighted by Gasteiger charge is -2.32. The van der Waals surface area contributed by atoms with Crippen LogP contribution in [-0.2, 0) is 0 Å². The molecule has 116 valence electrons. The summed E-state index contributed by atoms with van der Waals surface area (Å²) >= 11 is 0. The van der Waals surface area contributed by atoms with Gasteiger partial charge in [-0.15, -0.1) is 0 Å². The van der Waals surface area contributed by atoms with Gasteiger partial charge in [-0.25, -0.2) is 0 Å². The molecular formula is C17H26N2O2. The van der Waals surface area contributed by atoms with Crippen LogP contribution < -0.4 is 4.74 Å². The van der Waals surface area contributed by atoms with Gasteiger partial charge >= 0.3 is 0 Å². The fraction of sp³-hybridized carbons (Fsp3) is 0.588. The molecule has 21 heavy (non-hydrogen) atoms. The summed E-state index contributed by atoms with van der Waals surface area (Å²) < 4.78 is 5.71. The average molecular weight is 290 g/mol. The number of rotatable bonds is 7. The van der Waals surface area contributed by atoms with Crippen molar-refractivity contribution in [3.63, 3.8) is 0 Å². The minimum atomic E-state index is 0.0914. The highest BCUT2D eigenvalue weighted by Crippen LogP contribution is 2.13. The first-order chi connectivity index (χ1) is 10.1. The number of hydrogen-bond acceptors (Lipinski definition) is 4. The van der Waals surface area contributed by atoms with Crippen LogP contribution in [-0.4, -0.2) is 62.0 Å². The van der Waals surface area contributed by atoms with E-state index in [1.165, 1.54) is 39.1 Å². The Hall–Kier alpha value is -1.39. The van der Waals surface area contributed by atoms with Gasteiger partial charge in [0.1, 0.15) is 5.75 Å². The maximum Gasteiger partial charge on any atom is 0.159 e. The Morgan fingerprint density at radius 3 is 2.38 bits per heavy atom. The summed E-state index contributed by atoms with van der Waals surface area (Å²) in [5.74, 6) is 0.938. The summed E-state index contributed by atoms with van der Waals surface area (Å²) in [5, 5.41) is 0. The number of Topliss-reactive ketones (excluding diaryl/α,β-unsaturated/α-hetero) is 1. The predicted octanol–water partition coefficient (Wildman–Crippen LogP) is 2.30. The Balaban J connectivity index is 1.58. The lowest BCUT2D eigenvalue weighted by Crippen LogP contribution is -2.44. The van der Waals surface area contributed by atoms with Crippen molar-refractivity contribution in [1.82, 2.24) is 9.80 Å². The van der Waals surface area contributed by atoms with Crippen molar-refractivity contribution < 1.29 is 9.53 Å². The van der Waals surface area contributed by atoms with Crippen molar-refractivity contribution in [3.05, 3.63) is 29.8 Å². The third-order valence-corrected chi connectivity index (χ3v) is 3.99. The molecule has 0 bridgehead atoms. The zero-order valence-electron chi connectivity index (χ0n) is 13.2. The van der Waals surface area contributed by atoms with Crippen molar-refractivity contribution in [2.24, 2.45) is 0 Å². The summed E-state index contributed by atoms with van der Waals surface area (Å²) in [6.07, 6.45) is 2.25. The molecule has 0 unspecified atom stereocenters. The molecule has 1 aliphatic rings. The van der Waals surface area contributed by atoms with E-state index in [1.54, 1.807) is 6.92 Å². The number of carbonyl (C=O) groups excluding carboxylic acids is 1. The summed E-state index contributed by atoms with van der Waals surface area (Å²) in [6.45, 7) is 8.22. The van der Waals surface area contributed by atoms with Gasteiger partial charge in [0, 0.05) is 31.7 Å².